The maximum Gasteiger partial charge on any atom is 0.263 e. The molecule has 0 saturated carbocycles. The van der Waals surface area contributed by atoms with Gasteiger partial charge in [-0.15, -0.1) is 0 Å². The molecule has 132 valence electrons. The lowest BCUT2D eigenvalue weighted by Gasteiger charge is -2.33. The number of carbonyl (C=O) groups is 1. The van der Waals surface area contributed by atoms with Crippen LogP contribution >= 0.6 is 0 Å². The molecular weight excluding hydrogens is 324 g/mol. The Labute approximate surface area is 145 Å². The molecule has 4 nitrogen and oxygen atoms in total. The average molecular weight is 345 g/mol. The first-order chi connectivity index (χ1) is 12.0. The van der Waals surface area contributed by atoms with Gasteiger partial charge in [-0.05, 0) is 25.0 Å². The van der Waals surface area contributed by atoms with E-state index in [0.717, 1.165) is 42.9 Å². The van der Waals surface area contributed by atoms with E-state index in [4.69, 9.17) is 0 Å². The van der Waals surface area contributed by atoms with Crippen LogP contribution in [-0.2, 0) is 4.79 Å². The number of aromatic nitrogens is 1. The van der Waals surface area contributed by atoms with Crippen LogP contribution < -0.4 is 10.2 Å². The molecule has 1 N–H and O–H groups in total. The summed E-state index contributed by atoms with van der Waals surface area (Å²) >= 11 is 0. The minimum absolute atomic E-state index is 0.0110. The first kappa shape index (κ1) is 17.3. The summed E-state index contributed by atoms with van der Waals surface area (Å²) < 4.78 is 25.3. The van der Waals surface area contributed by atoms with Gasteiger partial charge in [0, 0.05) is 49.1 Å². The van der Waals surface area contributed by atoms with E-state index in [0.29, 0.717) is 0 Å². The van der Waals surface area contributed by atoms with Crippen molar-refractivity contribution in [3.8, 4) is 11.3 Å². The quantitative estimate of drug-likeness (QED) is 0.917. The Balaban J connectivity index is 1.71. The number of alkyl halides is 2. The van der Waals surface area contributed by atoms with Crippen molar-refractivity contribution in [1.29, 1.82) is 0 Å². The van der Waals surface area contributed by atoms with E-state index >= 15 is 0 Å². The van der Waals surface area contributed by atoms with Crippen LogP contribution in [0, 0.1) is 0 Å². The second kappa shape index (κ2) is 7.59. The Morgan fingerprint density at radius 3 is 2.48 bits per heavy atom. The van der Waals surface area contributed by atoms with E-state index in [-0.39, 0.29) is 17.5 Å². The van der Waals surface area contributed by atoms with Crippen molar-refractivity contribution in [2.75, 3.05) is 18.0 Å². The maximum absolute atomic E-state index is 12.7. The minimum Gasteiger partial charge on any atom is -0.371 e. The van der Waals surface area contributed by atoms with Gasteiger partial charge in [0.05, 0.1) is 5.69 Å². The summed E-state index contributed by atoms with van der Waals surface area (Å²) in [5.74, 6) is 0.0110. The highest BCUT2D eigenvalue weighted by atomic mass is 19.3. The summed E-state index contributed by atoms with van der Waals surface area (Å²) in [6.07, 6.45) is 1.09. The number of nitrogens with one attached hydrogen (secondary N) is 1. The van der Waals surface area contributed by atoms with E-state index in [1.165, 1.54) is 12.1 Å². The third-order valence-electron chi connectivity index (χ3n) is 4.47. The summed E-state index contributed by atoms with van der Waals surface area (Å²) in [5.41, 5.74) is 2.66. The Kier molecular flexibility index (Phi) is 5.26. The number of amides is 1. The fraction of sp³-hybridized carbons (Fsp3) is 0.368. The molecule has 2 heterocycles. The highest BCUT2D eigenvalue weighted by Gasteiger charge is 2.20. The molecule has 0 radical (unpaired) electrons. The molecule has 0 atom stereocenters. The second-order valence-corrected chi connectivity index (χ2v) is 6.28. The number of carbonyl (C=O) groups excluding carboxylic acids is 1. The predicted molar refractivity (Wildman–Crippen MR) is 93.7 cm³/mol. The van der Waals surface area contributed by atoms with E-state index in [1.54, 1.807) is 25.3 Å². The molecule has 0 unspecified atom stereocenters. The Hall–Kier alpha value is -2.50. The number of benzene rings is 1. The first-order valence-electron chi connectivity index (χ1n) is 8.39. The van der Waals surface area contributed by atoms with Crippen molar-refractivity contribution in [3.05, 3.63) is 48.2 Å². The topological polar surface area (TPSA) is 45.2 Å². The van der Waals surface area contributed by atoms with Crippen LogP contribution in [0.15, 0.2) is 42.6 Å². The molecular formula is C19H21F2N3O. The fourth-order valence-electron chi connectivity index (χ4n) is 3.14. The summed E-state index contributed by atoms with van der Waals surface area (Å²) in [4.78, 5) is 17.8. The molecule has 25 heavy (non-hydrogen) atoms. The summed E-state index contributed by atoms with van der Waals surface area (Å²) in [6, 6.07) is 10.4. The van der Waals surface area contributed by atoms with E-state index < -0.39 is 6.43 Å². The van der Waals surface area contributed by atoms with Crippen LogP contribution in [0.1, 0.15) is 31.8 Å². The molecule has 1 aliphatic rings. The zero-order valence-electron chi connectivity index (χ0n) is 14.1. The van der Waals surface area contributed by atoms with Gasteiger partial charge in [0.25, 0.3) is 6.43 Å². The highest BCUT2D eigenvalue weighted by Crippen LogP contribution is 2.27. The van der Waals surface area contributed by atoms with Crippen molar-refractivity contribution in [3.63, 3.8) is 0 Å². The number of rotatable bonds is 4. The van der Waals surface area contributed by atoms with Gasteiger partial charge >= 0.3 is 0 Å². The molecule has 0 aliphatic carbocycles. The molecule has 2 aromatic rings. The normalized spacial score (nSPS) is 15.4. The van der Waals surface area contributed by atoms with E-state index in [2.05, 4.69) is 15.2 Å². The van der Waals surface area contributed by atoms with Crippen molar-refractivity contribution in [2.24, 2.45) is 0 Å². The van der Waals surface area contributed by atoms with Crippen LogP contribution in [-0.4, -0.2) is 30.0 Å². The standard InChI is InChI=1S/C19H21F2N3O/c1-13(25)23-16-7-10-24(11-8-16)17-6-9-22-18(12-17)14-2-4-15(5-3-14)19(20)21/h2-6,9,12,16,19H,7-8,10-11H2,1H3,(H,23,25). The fourth-order valence-corrected chi connectivity index (χ4v) is 3.14. The van der Waals surface area contributed by atoms with Crippen LogP contribution in [0.4, 0.5) is 14.5 Å². The van der Waals surface area contributed by atoms with Gasteiger partial charge in [-0.1, -0.05) is 24.3 Å². The lowest BCUT2D eigenvalue weighted by Crippen LogP contribution is -2.44. The number of pyridine rings is 1. The second-order valence-electron chi connectivity index (χ2n) is 6.28. The Morgan fingerprint density at radius 1 is 1.20 bits per heavy atom. The van der Waals surface area contributed by atoms with Crippen LogP contribution in [0.3, 0.4) is 0 Å². The molecule has 0 bridgehead atoms. The van der Waals surface area contributed by atoms with E-state index in [9.17, 15) is 13.6 Å². The van der Waals surface area contributed by atoms with Gasteiger partial charge in [-0.2, -0.15) is 0 Å². The molecule has 1 amide bonds. The molecule has 1 saturated heterocycles. The van der Waals surface area contributed by atoms with Crippen LogP contribution in [0.25, 0.3) is 11.3 Å². The predicted octanol–water partition coefficient (Wildman–Crippen LogP) is 3.79. The Morgan fingerprint density at radius 2 is 1.88 bits per heavy atom. The van der Waals surface area contributed by atoms with Crippen LogP contribution in [0.2, 0.25) is 0 Å². The van der Waals surface area contributed by atoms with E-state index in [1.807, 2.05) is 12.1 Å². The Bertz CT molecular complexity index is 726. The van der Waals surface area contributed by atoms with Crippen molar-refractivity contribution in [2.45, 2.75) is 32.2 Å². The SMILES string of the molecule is CC(=O)NC1CCN(c2ccnc(-c3ccc(C(F)F)cc3)c2)CC1. The van der Waals surface area contributed by atoms with Crippen LogP contribution in [0.5, 0.6) is 0 Å². The number of hydrogen-bond donors (Lipinski definition) is 1. The molecule has 1 aromatic carbocycles. The molecule has 0 spiro atoms. The maximum atomic E-state index is 12.7. The van der Waals surface area contributed by atoms with Gasteiger partial charge in [-0.25, -0.2) is 8.78 Å². The summed E-state index contributed by atoms with van der Waals surface area (Å²) in [7, 11) is 0. The summed E-state index contributed by atoms with van der Waals surface area (Å²) in [6.45, 7) is 3.26. The largest absolute Gasteiger partial charge is 0.371 e. The number of piperidine rings is 1. The van der Waals surface area contributed by atoms with Gasteiger partial charge < -0.3 is 10.2 Å². The third-order valence-corrected chi connectivity index (χ3v) is 4.47. The summed E-state index contributed by atoms with van der Waals surface area (Å²) in [5, 5.41) is 2.97. The smallest absolute Gasteiger partial charge is 0.263 e. The highest BCUT2D eigenvalue weighted by molar-refractivity contribution is 5.73. The number of anilines is 1. The first-order valence-corrected chi connectivity index (χ1v) is 8.39. The minimum atomic E-state index is -2.46. The third kappa shape index (κ3) is 4.32. The molecule has 1 aliphatic heterocycles. The molecule has 6 heteroatoms. The number of halogens is 2. The van der Waals surface area contributed by atoms with Gasteiger partial charge in [0.2, 0.25) is 5.91 Å². The zero-order valence-corrected chi connectivity index (χ0v) is 14.1. The lowest BCUT2D eigenvalue weighted by molar-refractivity contribution is -0.119. The van der Waals surface area contributed by atoms with Crippen molar-refractivity contribution >= 4 is 11.6 Å². The monoisotopic (exact) mass is 345 g/mol. The molecule has 1 aromatic heterocycles. The molecule has 1 fully saturated rings. The van der Waals surface area contributed by atoms with Crippen molar-refractivity contribution < 1.29 is 13.6 Å². The lowest BCUT2D eigenvalue weighted by atomic mass is 10.0. The zero-order chi connectivity index (χ0) is 17.8. The average Bonchev–Trinajstić information content (AvgIpc) is 2.62. The molecule has 3 rings (SSSR count). The number of hydrogen-bond acceptors (Lipinski definition) is 3. The van der Waals surface area contributed by atoms with Gasteiger partial charge in [0.15, 0.2) is 0 Å². The number of nitrogens with zero attached hydrogens (tertiary/aromatic N) is 2. The van der Waals surface area contributed by atoms with Gasteiger partial charge in [0.1, 0.15) is 0 Å². The van der Waals surface area contributed by atoms with Gasteiger partial charge in [-0.3, -0.25) is 9.78 Å². The van der Waals surface area contributed by atoms with Crippen molar-refractivity contribution in [1.82, 2.24) is 10.3 Å².